The number of aliphatic hydroxyl groups is 1. The highest BCUT2D eigenvalue weighted by atomic mass is 32.1. The van der Waals surface area contributed by atoms with Crippen molar-refractivity contribution in [2.45, 2.75) is 38.3 Å². The molecule has 218 valence electrons. The zero-order chi connectivity index (χ0) is 29.4. The van der Waals surface area contributed by atoms with Gasteiger partial charge < -0.3 is 31.1 Å². The van der Waals surface area contributed by atoms with Gasteiger partial charge in [-0.1, -0.05) is 30.3 Å². The lowest BCUT2D eigenvalue weighted by Crippen LogP contribution is -2.58. The van der Waals surface area contributed by atoms with Crippen molar-refractivity contribution in [3.05, 3.63) is 83.6 Å². The number of thiocarbonyl (C=S) groups is 1. The number of hydrogen-bond acceptors (Lipinski definition) is 7. The van der Waals surface area contributed by atoms with E-state index in [-0.39, 0.29) is 46.9 Å². The van der Waals surface area contributed by atoms with Crippen LogP contribution < -0.4 is 26.4 Å². The molecule has 2 aliphatic rings. The van der Waals surface area contributed by atoms with Crippen molar-refractivity contribution >= 4 is 35.0 Å². The number of anilines is 1. The molecule has 3 amide bonds. The van der Waals surface area contributed by atoms with Crippen LogP contribution >= 0.6 is 12.2 Å². The van der Waals surface area contributed by atoms with Gasteiger partial charge in [0.1, 0.15) is 11.6 Å². The molecule has 2 aliphatic heterocycles. The van der Waals surface area contributed by atoms with Crippen molar-refractivity contribution in [1.82, 2.24) is 20.4 Å². The average molecular weight is 583 g/mol. The van der Waals surface area contributed by atoms with E-state index in [2.05, 4.69) is 20.9 Å². The maximum absolute atomic E-state index is 14.8. The number of hydrogen-bond donors (Lipinski definition) is 5. The van der Waals surface area contributed by atoms with Crippen molar-refractivity contribution in [2.75, 3.05) is 31.5 Å². The molecule has 6 N–H and O–H groups in total. The maximum atomic E-state index is 14.8. The van der Waals surface area contributed by atoms with E-state index >= 15 is 0 Å². The Hall–Kier alpha value is -4.00. The molecule has 0 radical (unpaired) electrons. The first-order chi connectivity index (χ1) is 19.7. The van der Waals surface area contributed by atoms with Crippen molar-refractivity contribution < 1.29 is 23.8 Å². The number of aliphatic hydroxyl groups excluding tert-OH is 1. The molecule has 2 aromatic carbocycles. The summed E-state index contributed by atoms with van der Waals surface area (Å²) in [5.41, 5.74) is 7.21. The smallest absolute Gasteiger partial charge is 0.322 e. The molecule has 0 spiro atoms. The number of nitrogens with zero attached hydrogens (tertiary/aromatic N) is 2. The first-order valence-corrected chi connectivity index (χ1v) is 13.8. The first kappa shape index (κ1) is 30.0. The van der Waals surface area contributed by atoms with Crippen LogP contribution in [0.3, 0.4) is 0 Å². The Morgan fingerprint density at radius 3 is 2.49 bits per heavy atom. The number of rotatable bonds is 8. The normalized spacial score (nSPS) is 17.0. The monoisotopic (exact) mass is 582 g/mol. The van der Waals surface area contributed by atoms with Gasteiger partial charge in [0.15, 0.2) is 16.7 Å². The minimum absolute atomic E-state index is 0.0446. The summed E-state index contributed by atoms with van der Waals surface area (Å²) in [7, 11) is 0. The van der Waals surface area contributed by atoms with E-state index < -0.39 is 5.82 Å². The largest absolute Gasteiger partial charge is 0.454 e. The number of ether oxygens (including phenoxy) is 1. The highest BCUT2D eigenvalue weighted by Crippen LogP contribution is 2.24. The fraction of sp³-hybridized carbons (Fsp3) is 0.345. The van der Waals surface area contributed by atoms with Gasteiger partial charge in [-0.15, -0.1) is 0 Å². The van der Waals surface area contributed by atoms with Crippen LogP contribution in [0.1, 0.15) is 25.3 Å². The lowest BCUT2D eigenvalue weighted by atomic mass is 9.99. The number of allylic oxidation sites excluding steroid dienone is 2. The molecule has 0 bridgehead atoms. The number of likely N-dealkylation sites (tertiary alicyclic amines) is 2. The standard InChI is InChI=1S/C29H35FN6O4S/c1-2-23(16-26(31)33-29(39)35-12-10-21(11-13-35)36-17-22(37)18-36)40-25-9-8-20(15-24(25)30)32-28(41)34-27(38)14-19-6-4-3-5-7-19/h2-9,15-16,21-22,37H,10-14,17-18,31H2,1H3,(H,33,39)(H2,32,34,38,41)/b23-2+,26-16+. The number of nitrogens with one attached hydrogen (secondary N) is 3. The number of halogens is 1. The van der Waals surface area contributed by atoms with Gasteiger partial charge in [0.2, 0.25) is 5.91 Å². The van der Waals surface area contributed by atoms with Gasteiger partial charge in [-0.3, -0.25) is 15.0 Å². The summed E-state index contributed by atoms with van der Waals surface area (Å²) in [5, 5.41) is 17.6. The minimum Gasteiger partial charge on any atom is -0.454 e. The van der Waals surface area contributed by atoms with E-state index in [1.807, 2.05) is 30.3 Å². The van der Waals surface area contributed by atoms with Crippen molar-refractivity contribution in [1.29, 1.82) is 0 Å². The number of piperidine rings is 1. The topological polar surface area (TPSA) is 132 Å². The van der Waals surface area contributed by atoms with E-state index in [0.29, 0.717) is 37.9 Å². The van der Waals surface area contributed by atoms with Gasteiger partial charge >= 0.3 is 6.03 Å². The van der Waals surface area contributed by atoms with Crippen LogP contribution in [0.25, 0.3) is 0 Å². The molecule has 41 heavy (non-hydrogen) atoms. The second-order valence-corrected chi connectivity index (χ2v) is 10.4. The van der Waals surface area contributed by atoms with E-state index in [1.165, 1.54) is 18.2 Å². The van der Waals surface area contributed by atoms with Crippen LogP contribution in [0, 0.1) is 5.82 Å². The highest BCUT2D eigenvalue weighted by molar-refractivity contribution is 7.80. The molecule has 2 saturated heterocycles. The molecule has 0 atom stereocenters. The molecule has 12 heteroatoms. The van der Waals surface area contributed by atoms with Gasteiger partial charge in [0.05, 0.1) is 12.5 Å². The zero-order valence-electron chi connectivity index (χ0n) is 22.8. The molecular formula is C29H35FN6O4S. The molecule has 0 saturated carbocycles. The van der Waals surface area contributed by atoms with Crippen LogP contribution in [-0.2, 0) is 11.2 Å². The van der Waals surface area contributed by atoms with Crippen molar-refractivity contribution in [2.24, 2.45) is 5.73 Å². The molecule has 4 rings (SSSR count). The van der Waals surface area contributed by atoms with E-state index in [4.69, 9.17) is 22.7 Å². The van der Waals surface area contributed by atoms with Gasteiger partial charge in [0.25, 0.3) is 0 Å². The molecule has 0 aromatic heterocycles. The van der Waals surface area contributed by atoms with Gasteiger partial charge in [-0.25, -0.2) is 9.18 Å². The second-order valence-electron chi connectivity index (χ2n) is 9.96. The molecule has 10 nitrogen and oxygen atoms in total. The Morgan fingerprint density at radius 2 is 1.85 bits per heavy atom. The van der Waals surface area contributed by atoms with Crippen LogP contribution in [0.4, 0.5) is 14.9 Å². The van der Waals surface area contributed by atoms with E-state index in [9.17, 15) is 19.1 Å². The van der Waals surface area contributed by atoms with Crippen molar-refractivity contribution in [3.63, 3.8) is 0 Å². The Bertz CT molecular complexity index is 1310. The molecular weight excluding hydrogens is 547 g/mol. The number of amides is 3. The van der Waals surface area contributed by atoms with Gasteiger partial charge in [-0.2, -0.15) is 0 Å². The molecule has 2 fully saturated rings. The Labute approximate surface area is 244 Å². The molecule has 2 heterocycles. The maximum Gasteiger partial charge on any atom is 0.322 e. The fourth-order valence-electron chi connectivity index (χ4n) is 4.69. The third-order valence-corrected chi connectivity index (χ3v) is 7.07. The van der Waals surface area contributed by atoms with Crippen LogP contribution in [0.15, 0.2) is 72.3 Å². The number of carbonyl (C=O) groups is 2. The summed E-state index contributed by atoms with van der Waals surface area (Å²) in [4.78, 5) is 28.8. The van der Waals surface area contributed by atoms with E-state index in [0.717, 1.165) is 18.4 Å². The van der Waals surface area contributed by atoms with Gasteiger partial charge in [0, 0.05) is 50.1 Å². The number of benzene rings is 2. The number of nitrogens with two attached hydrogens (primary N) is 1. The summed E-state index contributed by atoms with van der Waals surface area (Å²) in [6, 6.07) is 13.5. The number of urea groups is 1. The molecule has 2 aromatic rings. The first-order valence-electron chi connectivity index (χ1n) is 13.4. The molecule has 0 aliphatic carbocycles. The Morgan fingerprint density at radius 1 is 1.15 bits per heavy atom. The summed E-state index contributed by atoms with van der Waals surface area (Å²) in [5.74, 6) is -0.717. The lowest BCUT2D eigenvalue weighted by molar-refractivity contribution is -0.119. The Balaban J connectivity index is 1.24. The summed E-state index contributed by atoms with van der Waals surface area (Å²) < 4.78 is 20.5. The SMILES string of the molecule is C/C=C(\C=C(/N)NC(=O)N1CCC(N2CC(O)C2)CC1)Oc1ccc(NC(=S)NC(=O)Cc2ccccc2)cc1F. The number of carbonyl (C=O) groups excluding carboxylic acids is 2. The Kier molecular flexibility index (Phi) is 10.3. The third-order valence-electron chi connectivity index (χ3n) is 6.87. The third kappa shape index (κ3) is 8.74. The minimum atomic E-state index is -0.665. The highest BCUT2D eigenvalue weighted by Gasteiger charge is 2.33. The number of β-amino-alcohol motifs (C(OH)–C–C–N with tert-alkyl or cyclic N) is 1. The quantitative estimate of drug-likeness (QED) is 0.182. The average Bonchev–Trinajstić information content (AvgIpc) is 2.92. The summed E-state index contributed by atoms with van der Waals surface area (Å²) in [6.07, 6.45) is 4.60. The predicted molar refractivity (Wildman–Crippen MR) is 158 cm³/mol. The zero-order valence-corrected chi connectivity index (χ0v) is 23.6. The van der Waals surface area contributed by atoms with Crippen LogP contribution in [-0.4, -0.2) is 70.3 Å². The van der Waals surface area contributed by atoms with Crippen LogP contribution in [0.2, 0.25) is 0 Å². The van der Waals surface area contributed by atoms with Crippen LogP contribution in [0.5, 0.6) is 5.75 Å². The molecule has 0 unspecified atom stereocenters. The van der Waals surface area contributed by atoms with E-state index in [1.54, 1.807) is 24.0 Å². The van der Waals surface area contributed by atoms with Gasteiger partial charge in [-0.05, 0) is 55.8 Å². The summed E-state index contributed by atoms with van der Waals surface area (Å²) in [6.45, 7) is 4.27. The second kappa shape index (κ2) is 14.1. The summed E-state index contributed by atoms with van der Waals surface area (Å²) >= 11 is 5.18. The predicted octanol–water partition coefficient (Wildman–Crippen LogP) is 2.81. The lowest BCUT2D eigenvalue weighted by Gasteiger charge is -2.45. The fourth-order valence-corrected chi connectivity index (χ4v) is 4.92. The van der Waals surface area contributed by atoms with Crippen molar-refractivity contribution in [3.8, 4) is 5.75 Å².